The minimum absolute atomic E-state index is 0.263. The molecule has 0 amide bonds. The Morgan fingerprint density at radius 3 is 2.45 bits per heavy atom. The van der Waals surface area contributed by atoms with Crippen LogP contribution in [0.2, 0.25) is 10.0 Å². The van der Waals surface area contributed by atoms with E-state index in [2.05, 4.69) is 20.3 Å². The number of rotatable bonds is 2. The van der Waals surface area contributed by atoms with Crippen LogP contribution in [0.25, 0.3) is 0 Å². The quantitative estimate of drug-likeness (QED) is 0.581. The molecule has 104 valence electrons. The van der Waals surface area contributed by atoms with Crippen molar-refractivity contribution in [3.63, 3.8) is 0 Å². The lowest BCUT2D eigenvalue weighted by atomic mass is 10.3. The van der Waals surface area contributed by atoms with Gasteiger partial charge in [-0.25, -0.2) is 4.99 Å². The number of nitrogens with zero attached hydrogens (tertiary/aromatic N) is 2. The molecule has 0 spiro atoms. The smallest absolute Gasteiger partial charge is 0.322 e. The molecule has 4 N–H and O–H groups in total. The molecule has 0 aliphatic carbocycles. The second-order valence-electron chi connectivity index (χ2n) is 4.26. The first kappa shape index (κ1) is 14.6. The lowest BCUT2D eigenvalue weighted by Gasteiger charge is -2.04. The van der Waals surface area contributed by atoms with Crippen LogP contribution in [-0.2, 0) is 0 Å². The van der Waals surface area contributed by atoms with Gasteiger partial charge in [0.05, 0.1) is 22.1 Å². The average molecular weight is 311 g/mol. The average Bonchev–Trinajstić information content (AvgIpc) is 2.32. The molecule has 0 unspecified atom stereocenters. The van der Waals surface area contributed by atoms with Gasteiger partial charge in [-0.2, -0.15) is 0 Å². The van der Waals surface area contributed by atoms with E-state index >= 15 is 0 Å². The van der Waals surface area contributed by atoms with Gasteiger partial charge in [0.1, 0.15) is 0 Å². The van der Waals surface area contributed by atoms with Crippen molar-refractivity contribution in [2.24, 2.45) is 5.73 Å². The van der Waals surface area contributed by atoms with Gasteiger partial charge in [-0.15, -0.1) is 9.97 Å². The van der Waals surface area contributed by atoms with E-state index in [4.69, 9.17) is 28.9 Å². The normalized spacial score (nSPS) is 11.5. The van der Waals surface area contributed by atoms with Crippen LogP contribution in [0.4, 0.5) is 11.6 Å². The van der Waals surface area contributed by atoms with Crippen molar-refractivity contribution >= 4 is 40.8 Å². The van der Waals surface area contributed by atoms with Crippen molar-refractivity contribution < 1.29 is 4.99 Å². The second-order valence-corrected chi connectivity index (χ2v) is 5.11. The van der Waals surface area contributed by atoms with E-state index in [0.717, 1.165) is 11.4 Å². The number of aromatic nitrogens is 2. The summed E-state index contributed by atoms with van der Waals surface area (Å²) in [6.07, 6.45) is 0. The molecule has 0 atom stereocenters. The van der Waals surface area contributed by atoms with Crippen LogP contribution in [0, 0.1) is 13.8 Å². The highest BCUT2D eigenvalue weighted by atomic mass is 35.5. The van der Waals surface area contributed by atoms with Crippen molar-refractivity contribution in [3.8, 4) is 0 Å². The fourth-order valence-electron chi connectivity index (χ4n) is 1.67. The van der Waals surface area contributed by atoms with E-state index in [1.807, 2.05) is 19.9 Å². The van der Waals surface area contributed by atoms with Crippen LogP contribution in [0.1, 0.15) is 11.4 Å². The van der Waals surface area contributed by atoms with Gasteiger partial charge < -0.3 is 5.73 Å². The fraction of sp³-hybridized carbons (Fsp3) is 0.154. The Hall–Kier alpha value is -1.85. The number of hydrogen-bond donors (Lipinski definition) is 3. The van der Waals surface area contributed by atoms with Gasteiger partial charge >= 0.3 is 5.95 Å². The lowest BCUT2D eigenvalue weighted by Crippen LogP contribution is -2.72. The van der Waals surface area contributed by atoms with Crippen LogP contribution in [0.15, 0.2) is 24.3 Å². The zero-order chi connectivity index (χ0) is 14.7. The Bertz CT molecular complexity index is 650. The monoisotopic (exact) mass is 310 g/mol. The predicted octanol–water partition coefficient (Wildman–Crippen LogP) is 1.54. The maximum Gasteiger partial charge on any atom is 0.354 e. The fourth-order valence-corrected chi connectivity index (χ4v) is 2.01. The first-order valence-electron chi connectivity index (χ1n) is 5.88. The molecule has 2 aromatic rings. The molecule has 0 aliphatic heterocycles. The summed E-state index contributed by atoms with van der Waals surface area (Å²) in [5.41, 5.74) is 8.19. The van der Waals surface area contributed by atoms with E-state index < -0.39 is 0 Å². The molecule has 7 heteroatoms. The molecule has 5 nitrogen and oxygen atoms in total. The summed E-state index contributed by atoms with van der Waals surface area (Å²) in [6, 6.07) is 6.95. The zero-order valence-corrected chi connectivity index (χ0v) is 12.5. The van der Waals surface area contributed by atoms with E-state index in [-0.39, 0.29) is 5.96 Å². The van der Waals surface area contributed by atoms with Crippen LogP contribution in [0.5, 0.6) is 0 Å². The first-order chi connectivity index (χ1) is 9.44. The van der Waals surface area contributed by atoms with Crippen molar-refractivity contribution in [1.29, 1.82) is 0 Å². The van der Waals surface area contributed by atoms with Crippen molar-refractivity contribution in [2.75, 3.05) is 5.32 Å². The molecule has 0 fully saturated rings. The molecule has 0 bridgehead atoms. The summed E-state index contributed by atoms with van der Waals surface area (Å²) in [5.74, 6) is 0.685. The Balaban J connectivity index is 2.24. The van der Waals surface area contributed by atoms with Gasteiger partial charge in [0.2, 0.25) is 0 Å². The van der Waals surface area contributed by atoms with Gasteiger partial charge in [0.15, 0.2) is 0 Å². The summed E-state index contributed by atoms with van der Waals surface area (Å²) in [5, 5.41) is 4.00. The van der Waals surface area contributed by atoms with E-state index in [0.29, 0.717) is 21.7 Å². The standard InChI is InChI=1S/C13H13Cl2N5/c1-7-5-8(2)18-13(17-7)20-12(16)19-11-6-9(14)3-4-10(11)15/h3-6H,1-2H3,(H3,16,17,18,19,20)/p+1. The molecule has 1 aromatic carbocycles. The minimum Gasteiger partial charge on any atom is -0.322 e. The number of halogens is 2. The van der Waals surface area contributed by atoms with Crippen molar-refractivity contribution in [2.45, 2.75) is 13.8 Å². The maximum atomic E-state index is 6.04. The largest absolute Gasteiger partial charge is 0.354 e. The third-order valence-corrected chi connectivity index (χ3v) is 2.99. The Labute approximate surface area is 126 Å². The van der Waals surface area contributed by atoms with Crippen LogP contribution in [-0.4, -0.2) is 15.9 Å². The van der Waals surface area contributed by atoms with E-state index in [9.17, 15) is 0 Å². The molecular formula is C13H14Cl2N5+. The van der Waals surface area contributed by atoms with Crippen LogP contribution < -0.4 is 16.0 Å². The third-order valence-electron chi connectivity index (χ3n) is 2.43. The maximum absolute atomic E-state index is 6.04. The molecule has 0 aliphatic rings. The van der Waals surface area contributed by atoms with Crippen LogP contribution >= 0.6 is 23.2 Å². The van der Waals surface area contributed by atoms with Gasteiger partial charge in [-0.3, -0.25) is 5.32 Å². The topological polar surface area (TPSA) is 77.8 Å². The molecular weight excluding hydrogens is 297 g/mol. The van der Waals surface area contributed by atoms with Crippen molar-refractivity contribution in [3.05, 3.63) is 45.7 Å². The number of benzene rings is 1. The number of hydrogen-bond acceptors (Lipinski definition) is 2. The van der Waals surface area contributed by atoms with E-state index in [1.54, 1.807) is 18.2 Å². The minimum atomic E-state index is 0.263. The van der Waals surface area contributed by atoms with Gasteiger partial charge in [0.25, 0.3) is 5.96 Å². The summed E-state index contributed by atoms with van der Waals surface area (Å²) < 4.78 is 0. The van der Waals surface area contributed by atoms with Crippen LogP contribution in [0.3, 0.4) is 0 Å². The first-order valence-corrected chi connectivity index (χ1v) is 6.63. The summed E-state index contributed by atoms with van der Waals surface area (Å²) in [7, 11) is 0. The molecule has 1 aromatic heterocycles. The molecule has 0 saturated heterocycles. The van der Waals surface area contributed by atoms with Crippen molar-refractivity contribution in [1.82, 2.24) is 9.97 Å². The summed E-state index contributed by atoms with van der Waals surface area (Å²) >= 11 is 12.0. The number of nitrogens with one attached hydrogen (secondary N) is 2. The lowest BCUT2D eigenvalue weighted by molar-refractivity contribution is -0.365. The number of guanidine groups is 1. The molecule has 2 rings (SSSR count). The Morgan fingerprint density at radius 2 is 1.80 bits per heavy atom. The Morgan fingerprint density at radius 1 is 1.15 bits per heavy atom. The highest BCUT2D eigenvalue weighted by Crippen LogP contribution is 2.24. The highest BCUT2D eigenvalue weighted by molar-refractivity contribution is 6.35. The second kappa shape index (κ2) is 6.07. The zero-order valence-electron chi connectivity index (χ0n) is 11.0. The van der Waals surface area contributed by atoms with Gasteiger partial charge in [-0.1, -0.05) is 23.2 Å². The predicted molar refractivity (Wildman–Crippen MR) is 81.4 cm³/mol. The number of nitrogens with two attached hydrogens (primary N) is 1. The molecule has 1 heterocycles. The molecule has 0 radical (unpaired) electrons. The number of aryl methyl sites for hydroxylation is 2. The van der Waals surface area contributed by atoms with Gasteiger partial charge in [0, 0.05) is 11.1 Å². The Kier molecular flexibility index (Phi) is 4.42. The summed E-state index contributed by atoms with van der Waals surface area (Å²) in [6.45, 7) is 3.77. The number of anilines is 1. The molecule has 0 saturated carbocycles. The third kappa shape index (κ3) is 3.82. The SMILES string of the molecule is Cc1cc(C)nc([NH+]=C(N)Nc2cc(Cl)ccc2Cl)n1. The molecule has 20 heavy (non-hydrogen) atoms. The van der Waals surface area contributed by atoms with E-state index in [1.165, 1.54) is 0 Å². The van der Waals surface area contributed by atoms with Gasteiger partial charge in [-0.05, 0) is 32.0 Å². The summed E-state index contributed by atoms with van der Waals surface area (Å²) in [4.78, 5) is 11.3. The highest BCUT2D eigenvalue weighted by Gasteiger charge is 2.08.